The zero-order valence-corrected chi connectivity index (χ0v) is 14.6. The fraction of sp³-hybridized carbons (Fsp3) is 0.263. The standard InChI is InChI=1S/C19H19N3O4/c1-12-7-8-15(17(9-12)22(25)26)20-19(24)14-10-18(23)21(11-14)16-6-4-3-5-13(16)2/h3-9,14H,10-11H2,1-2H3,(H,20,24). The lowest BCUT2D eigenvalue weighted by atomic mass is 10.1. The molecular formula is C19H19N3O4. The van der Waals surface area contributed by atoms with Gasteiger partial charge >= 0.3 is 0 Å². The van der Waals surface area contributed by atoms with Gasteiger partial charge in [-0.05, 0) is 37.1 Å². The van der Waals surface area contributed by atoms with Crippen molar-refractivity contribution >= 4 is 28.9 Å². The average molecular weight is 353 g/mol. The van der Waals surface area contributed by atoms with Crippen LogP contribution in [0.3, 0.4) is 0 Å². The zero-order chi connectivity index (χ0) is 18.8. The lowest BCUT2D eigenvalue weighted by Crippen LogP contribution is -2.28. The van der Waals surface area contributed by atoms with Gasteiger partial charge in [-0.15, -0.1) is 0 Å². The van der Waals surface area contributed by atoms with Gasteiger partial charge in [0.05, 0.1) is 10.8 Å². The van der Waals surface area contributed by atoms with E-state index in [9.17, 15) is 19.7 Å². The molecule has 2 aromatic carbocycles. The van der Waals surface area contributed by atoms with Crippen LogP contribution in [0.25, 0.3) is 0 Å². The van der Waals surface area contributed by atoms with Gasteiger partial charge in [-0.25, -0.2) is 0 Å². The van der Waals surface area contributed by atoms with E-state index in [1.807, 2.05) is 31.2 Å². The number of rotatable bonds is 4. The number of nitrogens with one attached hydrogen (secondary N) is 1. The van der Waals surface area contributed by atoms with Crippen LogP contribution in [0.4, 0.5) is 17.1 Å². The smallest absolute Gasteiger partial charge is 0.293 e. The van der Waals surface area contributed by atoms with Gasteiger partial charge in [-0.3, -0.25) is 19.7 Å². The molecule has 2 aromatic rings. The molecule has 1 atom stereocenters. The molecule has 1 aliphatic rings. The third-order valence-electron chi connectivity index (χ3n) is 4.51. The number of nitro groups is 1. The van der Waals surface area contributed by atoms with E-state index in [2.05, 4.69) is 5.32 Å². The largest absolute Gasteiger partial charge is 0.320 e. The fourth-order valence-corrected chi connectivity index (χ4v) is 3.12. The van der Waals surface area contributed by atoms with E-state index in [0.29, 0.717) is 0 Å². The van der Waals surface area contributed by atoms with Gasteiger partial charge in [0.2, 0.25) is 11.8 Å². The van der Waals surface area contributed by atoms with Gasteiger partial charge in [0.25, 0.3) is 5.69 Å². The zero-order valence-electron chi connectivity index (χ0n) is 14.6. The van der Waals surface area contributed by atoms with Crippen molar-refractivity contribution in [3.63, 3.8) is 0 Å². The number of hydrogen-bond acceptors (Lipinski definition) is 4. The van der Waals surface area contributed by atoms with Gasteiger partial charge in [-0.1, -0.05) is 24.3 Å². The molecule has 7 heteroatoms. The first-order valence-electron chi connectivity index (χ1n) is 8.28. The van der Waals surface area contributed by atoms with Crippen LogP contribution in [-0.4, -0.2) is 23.3 Å². The van der Waals surface area contributed by atoms with Crippen LogP contribution < -0.4 is 10.2 Å². The third-order valence-corrected chi connectivity index (χ3v) is 4.51. The molecule has 0 aliphatic carbocycles. The summed E-state index contributed by atoms with van der Waals surface area (Å²) in [6, 6.07) is 12.1. The molecule has 2 amide bonds. The highest BCUT2D eigenvalue weighted by molar-refractivity contribution is 6.04. The molecule has 0 aromatic heterocycles. The van der Waals surface area contributed by atoms with Crippen molar-refractivity contribution < 1.29 is 14.5 Å². The van der Waals surface area contributed by atoms with Crippen molar-refractivity contribution in [2.75, 3.05) is 16.8 Å². The Labute approximate surface area is 150 Å². The summed E-state index contributed by atoms with van der Waals surface area (Å²) in [6.45, 7) is 3.91. The van der Waals surface area contributed by atoms with Gasteiger partial charge in [0.15, 0.2) is 0 Å². The molecule has 1 fully saturated rings. The van der Waals surface area contributed by atoms with Crippen LogP contribution >= 0.6 is 0 Å². The first-order valence-corrected chi connectivity index (χ1v) is 8.28. The maximum Gasteiger partial charge on any atom is 0.293 e. The van der Waals surface area contributed by atoms with E-state index in [0.717, 1.165) is 16.8 Å². The molecule has 1 unspecified atom stereocenters. The number of para-hydroxylation sites is 1. The van der Waals surface area contributed by atoms with E-state index < -0.39 is 10.8 Å². The summed E-state index contributed by atoms with van der Waals surface area (Å²) >= 11 is 0. The Morgan fingerprint density at radius 1 is 1.23 bits per heavy atom. The monoisotopic (exact) mass is 353 g/mol. The molecule has 1 heterocycles. The number of amides is 2. The third kappa shape index (κ3) is 3.42. The number of nitrogens with zero attached hydrogens (tertiary/aromatic N) is 2. The quantitative estimate of drug-likeness (QED) is 0.675. The maximum absolute atomic E-state index is 12.6. The van der Waals surface area contributed by atoms with Gasteiger partial charge < -0.3 is 10.2 Å². The molecule has 3 rings (SSSR count). The average Bonchev–Trinajstić information content (AvgIpc) is 2.98. The Kier molecular flexibility index (Phi) is 4.71. The minimum Gasteiger partial charge on any atom is -0.320 e. The molecule has 0 radical (unpaired) electrons. The highest BCUT2D eigenvalue weighted by Gasteiger charge is 2.36. The molecule has 0 spiro atoms. The predicted octanol–water partition coefficient (Wildman–Crippen LogP) is 3.20. The molecule has 0 saturated carbocycles. The normalized spacial score (nSPS) is 16.6. The second-order valence-corrected chi connectivity index (χ2v) is 6.46. The van der Waals surface area contributed by atoms with Gasteiger partial charge in [-0.2, -0.15) is 0 Å². The minimum absolute atomic E-state index is 0.0832. The van der Waals surface area contributed by atoms with Crippen LogP contribution in [0.1, 0.15) is 17.5 Å². The maximum atomic E-state index is 12.6. The van der Waals surface area contributed by atoms with Crippen molar-refractivity contribution in [1.29, 1.82) is 0 Å². The van der Waals surface area contributed by atoms with Crippen molar-refractivity contribution in [2.45, 2.75) is 20.3 Å². The number of anilines is 2. The van der Waals surface area contributed by atoms with Crippen LogP contribution in [0, 0.1) is 29.9 Å². The summed E-state index contributed by atoms with van der Waals surface area (Å²) in [5.74, 6) is -1.07. The van der Waals surface area contributed by atoms with Crippen molar-refractivity contribution in [3.8, 4) is 0 Å². The Morgan fingerprint density at radius 3 is 2.65 bits per heavy atom. The van der Waals surface area contributed by atoms with E-state index in [1.54, 1.807) is 17.9 Å². The molecule has 1 N–H and O–H groups in total. The van der Waals surface area contributed by atoms with E-state index >= 15 is 0 Å². The molecule has 26 heavy (non-hydrogen) atoms. The van der Waals surface area contributed by atoms with Crippen LogP contribution in [0.5, 0.6) is 0 Å². The van der Waals surface area contributed by atoms with E-state index in [-0.39, 0.29) is 36.2 Å². The lowest BCUT2D eigenvalue weighted by molar-refractivity contribution is -0.384. The van der Waals surface area contributed by atoms with E-state index in [4.69, 9.17) is 0 Å². The number of hydrogen-bond donors (Lipinski definition) is 1. The number of carbonyl (C=O) groups is 2. The summed E-state index contributed by atoms with van der Waals surface area (Å²) in [5.41, 5.74) is 2.47. The fourth-order valence-electron chi connectivity index (χ4n) is 3.12. The predicted molar refractivity (Wildman–Crippen MR) is 98.1 cm³/mol. The Balaban J connectivity index is 1.77. The summed E-state index contributed by atoms with van der Waals surface area (Å²) in [4.78, 5) is 37.2. The minimum atomic E-state index is -0.553. The summed E-state index contributed by atoms with van der Waals surface area (Å²) < 4.78 is 0. The van der Waals surface area contributed by atoms with Crippen molar-refractivity contribution in [3.05, 3.63) is 63.7 Å². The van der Waals surface area contributed by atoms with Crippen LogP contribution in [0.15, 0.2) is 42.5 Å². The SMILES string of the molecule is Cc1ccc(NC(=O)C2CC(=O)N(c3ccccc3C)C2)c([N+](=O)[O-])c1. The van der Waals surface area contributed by atoms with Gasteiger partial charge in [0, 0.05) is 24.7 Å². The number of nitro benzene ring substituents is 1. The van der Waals surface area contributed by atoms with Gasteiger partial charge in [0.1, 0.15) is 5.69 Å². The Hall–Kier alpha value is -3.22. The molecule has 0 bridgehead atoms. The van der Waals surface area contributed by atoms with Crippen molar-refractivity contribution in [2.24, 2.45) is 5.92 Å². The second-order valence-electron chi connectivity index (χ2n) is 6.46. The molecule has 1 aliphatic heterocycles. The highest BCUT2D eigenvalue weighted by atomic mass is 16.6. The molecule has 1 saturated heterocycles. The van der Waals surface area contributed by atoms with Crippen molar-refractivity contribution in [1.82, 2.24) is 0 Å². The Morgan fingerprint density at radius 2 is 1.96 bits per heavy atom. The molecule has 7 nitrogen and oxygen atoms in total. The number of aryl methyl sites for hydroxylation is 2. The van der Waals surface area contributed by atoms with E-state index in [1.165, 1.54) is 12.1 Å². The van der Waals surface area contributed by atoms with Crippen LogP contribution in [-0.2, 0) is 9.59 Å². The summed E-state index contributed by atoms with van der Waals surface area (Å²) in [7, 11) is 0. The topological polar surface area (TPSA) is 92.6 Å². The first kappa shape index (κ1) is 17.6. The molecule has 134 valence electrons. The summed E-state index contributed by atoms with van der Waals surface area (Å²) in [5, 5.41) is 13.8. The molecular weight excluding hydrogens is 334 g/mol. The lowest BCUT2D eigenvalue weighted by Gasteiger charge is -2.19. The first-order chi connectivity index (χ1) is 12.4. The van der Waals surface area contributed by atoms with Crippen LogP contribution in [0.2, 0.25) is 0 Å². The highest BCUT2D eigenvalue weighted by Crippen LogP contribution is 2.30. The number of carbonyl (C=O) groups excluding carboxylic acids is 2. The summed E-state index contributed by atoms with van der Waals surface area (Å²) in [6.07, 6.45) is 0.0832. The number of benzene rings is 2. The second kappa shape index (κ2) is 6.95. The Bertz CT molecular complexity index is 894.